The lowest BCUT2D eigenvalue weighted by atomic mass is 10.0. The van der Waals surface area contributed by atoms with E-state index >= 15 is 0 Å². The Morgan fingerprint density at radius 3 is 2.72 bits per heavy atom. The van der Waals surface area contributed by atoms with E-state index in [1.165, 1.54) is 0 Å². The number of urea groups is 1. The predicted molar refractivity (Wildman–Crippen MR) is 66.2 cm³/mol. The quantitative estimate of drug-likeness (QED) is 0.690. The molecule has 6 nitrogen and oxygen atoms in total. The first-order chi connectivity index (χ1) is 8.54. The molecular formula is C12H22N2O4. The van der Waals surface area contributed by atoms with Crippen LogP contribution in [0.5, 0.6) is 0 Å². The molecule has 0 aromatic heterocycles. The molecule has 1 heterocycles. The monoisotopic (exact) mass is 258 g/mol. The van der Waals surface area contributed by atoms with Crippen LogP contribution in [0.15, 0.2) is 0 Å². The Labute approximate surface area is 107 Å². The highest BCUT2D eigenvalue weighted by molar-refractivity contribution is 5.82. The van der Waals surface area contributed by atoms with Crippen LogP contribution in [0, 0.1) is 5.92 Å². The molecule has 0 aromatic carbocycles. The van der Waals surface area contributed by atoms with Gasteiger partial charge in [0.05, 0.1) is 0 Å². The maximum Gasteiger partial charge on any atom is 0.326 e. The predicted octanol–water partition coefficient (Wildman–Crippen LogP) is 0.654. The molecule has 0 spiro atoms. The van der Waals surface area contributed by atoms with Gasteiger partial charge >= 0.3 is 12.0 Å². The average molecular weight is 258 g/mol. The highest BCUT2D eigenvalue weighted by atomic mass is 16.4. The molecule has 2 unspecified atom stereocenters. The van der Waals surface area contributed by atoms with Gasteiger partial charge in [-0.3, -0.25) is 0 Å². The van der Waals surface area contributed by atoms with Crippen molar-refractivity contribution in [3.05, 3.63) is 0 Å². The molecule has 0 radical (unpaired) electrons. The molecule has 1 aliphatic rings. The van der Waals surface area contributed by atoms with Gasteiger partial charge in [0.25, 0.3) is 0 Å². The lowest BCUT2D eigenvalue weighted by molar-refractivity contribution is -0.139. The summed E-state index contributed by atoms with van der Waals surface area (Å²) in [5.74, 6) is -0.504. The molecule has 2 amide bonds. The number of aliphatic hydroxyl groups is 1. The maximum absolute atomic E-state index is 11.9. The fourth-order valence-corrected chi connectivity index (χ4v) is 2.09. The van der Waals surface area contributed by atoms with E-state index in [1.54, 1.807) is 4.90 Å². The van der Waals surface area contributed by atoms with E-state index in [4.69, 9.17) is 10.2 Å². The molecule has 1 aliphatic heterocycles. The number of amides is 2. The highest BCUT2D eigenvalue weighted by Crippen LogP contribution is 2.16. The summed E-state index contributed by atoms with van der Waals surface area (Å²) < 4.78 is 0. The molecule has 2 atom stereocenters. The molecule has 0 aliphatic carbocycles. The number of hydrogen-bond donors (Lipinski definition) is 3. The van der Waals surface area contributed by atoms with Gasteiger partial charge in [-0.1, -0.05) is 6.92 Å². The van der Waals surface area contributed by atoms with Crippen molar-refractivity contribution >= 4 is 12.0 Å². The van der Waals surface area contributed by atoms with E-state index in [9.17, 15) is 9.59 Å². The summed E-state index contributed by atoms with van der Waals surface area (Å²) in [6.45, 7) is 3.24. The fourth-order valence-electron chi connectivity index (χ4n) is 2.09. The largest absolute Gasteiger partial charge is 0.480 e. The molecule has 6 heteroatoms. The smallest absolute Gasteiger partial charge is 0.326 e. The summed E-state index contributed by atoms with van der Waals surface area (Å²) in [5, 5.41) is 20.1. The van der Waals surface area contributed by atoms with E-state index in [0.29, 0.717) is 19.0 Å². The first-order valence-electron chi connectivity index (χ1n) is 6.43. The number of likely N-dealkylation sites (tertiary alicyclic amines) is 1. The van der Waals surface area contributed by atoms with E-state index in [0.717, 1.165) is 19.3 Å². The van der Waals surface area contributed by atoms with E-state index in [1.807, 2.05) is 0 Å². The zero-order valence-electron chi connectivity index (χ0n) is 10.8. The van der Waals surface area contributed by atoms with Crippen molar-refractivity contribution in [3.8, 4) is 0 Å². The average Bonchev–Trinajstić information content (AvgIpc) is 2.53. The summed E-state index contributed by atoms with van der Waals surface area (Å²) >= 11 is 0. The van der Waals surface area contributed by atoms with Crippen molar-refractivity contribution in [2.24, 2.45) is 5.92 Å². The molecule has 1 fully saturated rings. The Hall–Kier alpha value is -1.30. The van der Waals surface area contributed by atoms with Gasteiger partial charge in [0.2, 0.25) is 0 Å². The second-order valence-corrected chi connectivity index (χ2v) is 4.88. The van der Waals surface area contributed by atoms with Crippen LogP contribution in [0.1, 0.15) is 32.6 Å². The zero-order chi connectivity index (χ0) is 13.5. The van der Waals surface area contributed by atoms with Gasteiger partial charge in [0.1, 0.15) is 6.04 Å². The third kappa shape index (κ3) is 4.52. The van der Waals surface area contributed by atoms with Crippen LogP contribution >= 0.6 is 0 Å². The molecule has 0 aromatic rings. The van der Waals surface area contributed by atoms with Crippen LogP contribution in [0.3, 0.4) is 0 Å². The Morgan fingerprint density at radius 2 is 2.11 bits per heavy atom. The third-order valence-electron chi connectivity index (χ3n) is 3.32. The van der Waals surface area contributed by atoms with Gasteiger partial charge in [-0.2, -0.15) is 0 Å². The molecule has 1 rings (SSSR count). The number of nitrogens with zero attached hydrogens (tertiary/aromatic N) is 1. The topological polar surface area (TPSA) is 89.9 Å². The zero-order valence-corrected chi connectivity index (χ0v) is 10.8. The van der Waals surface area contributed by atoms with Gasteiger partial charge in [-0.05, 0) is 25.2 Å². The summed E-state index contributed by atoms with van der Waals surface area (Å²) in [7, 11) is 0. The van der Waals surface area contributed by atoms with Gasteiger partial charge < -0.3 is 20.4 Å². The van der Waals surface area contributed by atoms with Crippen LogP contribution in [-0.4, -0.2) is 52.9 Å². The van der Waals surface area contributed by atoms with E-state index < -0.39 is 12.0 Å². The molecular weight excluding hydrogens is 236 g/mol. The minimum atomic E-state index is -1.11. The number of carbonyl (C=O) groups is 2. The Bertz CT molecular complexity index is 296. The fraction of sp³-hybridized carbons (Fsp3) is 0.833. The van der Waals surface area contributed by atoms with Gasteiger partial charge in [-0.15, -0.1) is 0 Å². The van der Waals surface area contributed by atoms with Crippen molar-refractivity contribution < 1.29 is 19.8 Å². The second-order valence-electron chi connectivity index (χ2n) is 4.88. The number of rotatable bonds is 4. The molecule has 18 heavy (non-hydrogen) atoms. The lowest BCUT2D eigenvalue weighted by Gasteiger charge is -2.23. The number of nitrogens with one attached hydrogen (secondary N) is 1. The standard InChI is InChI=1S/C12H22N2O4/c1-9-3-2-6-14(7-4-9)12(18)13-10(5-8-15)11(16)17/h9-10,15H,2-8H2,1H3,(H,13,18)(H,16,17). The molecule has 0 bridgehead atoms. The second kappa shape index (κ2) is 7.20. The van der Waals surface area contributed by atoms with Crippen molar-refractivity contribution in [1.29, 1.82) is 0 Å². The minimum absolute atomic E-state index is 0.0331. The lowest BCUT2D eigenvalue weighted by Crippen LogP contribution is -2.48. The summed E-state index contributed by atoms with van der Waals surface area (Å²) in [4.78, 5) is 24.5. The Morgan fingerprint density at radius 1 is 1.39 bits per heavy atom. The number of carbonyl (C=O) groups excluding carboxylic acids is 1. The summed E-state index contributed by atoms with van der Waals surface area (Å²) in [6.07, 6.45) is 3.03. The summed E-state index contributed by atoms with van der Waals surface area (Å²) in [5.41, 5.74) is 0. The number of aliphatic hydroxyl groups excluding tert-OH is 1. The molecule has 1 saturated heterocycles. The maximum atomic E-state index is 11.9. The van der Waals surface area contributed by atoms with Crippen molar-refractivity contribution in [1.82, 2.24) is 10.2 Å². The highest BCUT2D eigenvalue weighted by Gasteiger charge is 2.24. The van der Waals surface area contributed by atoms with Crippen LogP contribution in [0.2, 0.25) is 0 Å². The first-order valence-corrected chi connectivity index (χ1v) is 6.43. The van der Waals surface area contributed by atoms with Crippen molar-refractivity contribution in [2.75, 3.05) is 19.7 Å². The van der Waals surface area contributed by atoms with Gasteiger partial charge in [-0.25, -0.2) is 9.59 Å². The van der Waals surface area contributed by atoms with Crippen LogP contribution in [0.25, 0.3) is 0 Å². The molecule has 0 saturated carbocycles. The third-order valence-corrected chi connectivity index (χ3v) is 3.32. The van der Waals surface area contributed by atoms with Crippen molar-refractivity contribution in [2.45, 2.75) is 38.6 Å². The van der Waals surface area contributed by atoms with Crippen LogP contribution in [0.4, 0.5) is 4.79 Å². The van der Waals surface area contributed by atoms with Crippen molar-refractivity contribution in [3.63, 3.8) is 0 Å². The SMILES string of the molecule is CC1CCCN(C(=O)NC(CCO)C(=O)O)CC1. The van der Waals surface area contributed by atoms with Crippen LogP contribution < -0.4 is 5.32 Å². The number of carboxylic acid groups (broad SMARTS) is 1. The van der Waals surface area contributed by atoms with E-state index in [-0.39, 0.29) is 19.1 Å². The number of hydrogen-bond acceptors (Lipinski definition) is 3. The molecule has 3 N–H and O–H groups in total. The number of carboxylic acids is 1. The van der Waals surface area contributed by atoms with E-state index in [2.05, 4.69) is 12.2 Å². The van der Waals surface area contributed by atoms with Gasteiger partial charge in [0, 0.05) is 26.1 Å². The van der Waals surface area contributed by atoms with Gasteiger partial charge in [0.15, 0.2) is 0 Å². The summed E-state index contributed by atoms with van der Waals surface area (Å²) in [6, 6.07) is -1.35. The number of aliphatic carboxylic acids is 1. The first kappa shape index (κ1) is 14.8. The molecule has 104 valence electrons. The normalized spacial score (nSPS) is 22.1. The Balaban J connectivity index is 2.49. The Kier molecular flexibility index (Phi) is 5.91. The van der Waals surface area contributed by atoms with Crippen LogP contribution in [-0.2, 0) is 4.79 Å². The minimum Gasteiger partial charge on any atom is -0.480 e.